The Morgan fingerprint density at radius 1 is 1.44 bits per heavy atom. The standard InChI is InChI=1S/C13H17NO2/c1-2-11(8-13(14)15)9-16-10-12-6-4-3-5-7-12/h2-7,11H,1,8-10H2,(H2,14,15). The van der Waals surface area contributed by atoms with E-state index in [0.29, 0.717) is 13.2 Å². The van der Waals surface area contributed by atoms with Crippen molar-refractivity contribution in [2.24, 2.45) is 11.7 Å². The van der Waals surface area contributed by atoms with Crippen LogP contribution in [-0.2, 0) is 16.1 Å². The van der Waals surface area contributed by atoms with Crippen LogP contribution in [0.2, 0.25) is 0 Å². The number of carbonyl (C=O) groups excluding carboxylic acids is 1. The zero-order chi connectivity index (χ0) is 11.8. The third-order valence-electron chi connectivity index (χ3n) is 2.24. The van der Waals surface area contributed by atoms with E-state index in [2.05, 4.69) is 6.58 Å². The Bertz CT molecular complexity index is 335. The van der Waals surface area contributed by atoms with Gasteiger partial charge in [-0.1, -0.05) is 36.4 Å². The Morgan fingerprint density at radius 2 is 2.12 bits per heavy atom. The predicted molar refractivity (Wildman–Crippen MR) is 63.6 cm³/mol. The van der Waals surface area contributed by atoms with E-state index >= 15 is 0 Å². The number of ether oxygens (including phenoxy) is 1. The first-order valence-corrected chi connectivity index (χ1v) is 5.25. The van der Waals surface area contributed by atoms with Crippen molar-refractivity contribution >= 4 is 5.91 Å². The highest BCUT2D eigenvalue weighted by Crippen LogP contribution is 2.07. The summed E-state index contributed by atoms with van der Waals surface area (Å²) in [6, 6.07) is 9.89. The summed E-state index contributed by atoms with van der Waals surface area (Å²) in [4.78, 5) is 10.7. The van der Waals surface area contributed by atoms with Gasteiger partial charge in [0.25, 0.3) is 0 Å². The average Bonchev–Trinajstić information content (AvgIpc) is 2.28. The van der Waals surface area contributed by atoms with Crippen molar-refractivity contribution in [2.75, 3.05) is 6.61 Å². The van der Waals surface area contributed by atoms with Crippen LogP contribution in [0.25, 0.3) is 0 Å². The van der Waals surface area contributed by atoms with E-state index in [0.717, 1.165) is 5.56 Å². The first-order valence-electron chi connectivity index (χ1n) is 5.25. The van der Waals surface area contributed by atoms with Gasteiger partial charge in [-0.3, -0.25) is 4.79 Å². The van der Waals surface area contributed by atoms with Gasteiger partial charge in [0.1, 0.15) is 0 Å². The van der Waals surface area contributed by atoms with Crippen molar-refractivity contribution in [3.8, 4) is 0 Å². The molecule has 0 bridgehead atoms. The van der Waals surface area contributed by atoms with Crippen LogP contribution in [0, 0.1) is 5.92 Å². The maximum atomic E-state index is 10.7. The normalized spacial score (nSPS) is 12.0. The molecule has 0 spiro atoms. The lowest BCUT2D eigenvalue weighted by atomic mass is 10.1. The predicted octanol–water partition coefficient (Wildman–Crippen LogP) is 1.88. The second-order valence-corrected chi connectivity index (χ2v) is 3.67. The Hall–Kier alpha value is -1.61. The van der Waals surface area contributed by atoms with Crippen LogP contribution in [0.1, 0.15) is 12.0 Å². The minimum atomic E-state index is -0.326. The van der Waals surface area contributed by atoms with Crippen LogP contribution in [0.4, 0.5) is 0 Å². The highest BCUT2D eigenvalue weighted by molar-refractivity contribution is 5.74. The number of hydrogen-bond acceptors (Lipinski definition) is 2. The molecule has 0 aliphatic carbocycles. The molecule has 1 unspecified atom stereocenters. The molecule has 0 radical (unpaired) electrons. The zero-order valence-electron chi connectivity index (χ0n) is 9.26. The number of amides is 1. The molecule has 0 fully saturated rings. The molecule has 86 valence electrons. The van der Waals surface area contributed by atoms with Gasteiger partial charge in [-0.2, -0.15) is 0 Å². The number of nitrogens with two attached hydrogens (primary N) is 1. The van der Waals surface area contributed by atoms with Gasteiger partial charge in [0.15, 0.2) is 0 Å². The van der Waals surface area contributed by atoms with Gasteiger partial charge < -0.3 is 10.5 Å². The van der Waals surface area contributed by atoms with Crippen molar-refractivity contribution in [1.29, 1.82) is 0 Å². The first kappa shape index (κ1) is 12.5. The molecule has 3 nitrogen and oxygen atoms in total. The summed E-state index contributed by atoms with van der Waals surface area (Å²) in [6.07, 6.45) is 1.99. The number of carbonyl (C=O) groups is 1. The van der Waals surface area contributed by atoms with Gasteiger partial charge in [0, 0.05) is 12.3 Å². The van der Waals surface area contributed by atoms with Gasteiger partial charge in [-0.05, 0) is 5.56 Å². The van der Waals surface area contributed by atoms with Crippen LogP contribution < -0.4 is 5.73 Å². The second kappa shape index (κ2) is 6.80. The summed E-state index contributed by atoms with van der Waals surface area (Å²) in [5.41, 5.74) is 6.22. The molecule has 16 heavy (non-hydrogen) atoms. The molecule has 1 aromatic carbocycles. The van der Waals surface area contributed by atoms with E-state index in [9.17, 15) is 4.79 Å². The monoisotopic (exact) mass is 219 g/mol. The molecule has 0 aliphatic heterocycles. The largest absolute Gasteiger partial charge is 0.376 e. The van der Waals surface area contributed by atoms with E-state index in [-0.39, 0.29) is 18.2 Å². The van der Waals surface area contributed by atoms with E-state index in [1.54, 1.807) is 6.08 Å². The Morgan fingerprint density at radius 3 is 2.69 bits per heavy atom. The lowest BCUT2D eigenvalue weighted by molar-refractivity contribution is -0.119. The Kier molecular flexibility index (Phi) is 5.29. The fourth-order valence-corrected chi connectivity index (χ4v) is 1.37. The summed E-state index contributed by atoms with van der Waals surface area (Å²) in [6.45, 7) is 4.67. The zero-order valence-corrected chi connectivity index (χ0v) is 9.26. The SMILES string of the molecule is C=CC(COCc1ccccc1)CC(N)=O. The fourth-order valence-electron chi connectivity index (χ4n) is 1.37. The van der Waals surface area contributed by atoms with Gasteiger partial charge in [0.05, 0.1) is 13.2 Å². The molecule has 0 aliphatic rings. The van der Waals surface area contributed by atoms with E-state index < -0.39 is 0 Å². The number of hydrogen-bond donors (Lipinski definition) is 1. The molecule has 1 amide bonds. The summed E-state index contributed by atoms with van der Waals surface area (Å²) < 4.78 is 5.49. The molecule has 1 atom stereocenters. The summed E-state index contributed by atoms with van der Waals surface area (Å²) in [5.74, 6) is -0.325. The molecule has 0 aromatic heterocycles. The molecular formula is C13H17NO2. The van der Waals surface area contributed by atoms with E-state index in [1.165, 1.54) is 0 Å². The highest BCUT2D eigenvalue weighted by Gasteiger charge is 2.07. The molecule has 1 aromatic rings. The summed E-state index contributed by atoms with van der Waals surface area (Å²) in [7, 11) is 0. The number of benzene rings is 1. The minimum absolute atomic E-state index is 0.00112. The van der Waals surface area contributed by atoms with Crippen LogP contribution in [0.5, 0.6) is 0 Å². The fraction of sp³-hybridized carbons (Fsp3) is 0.308. The molecule has 1 rings (SSSR count). The molecular weight excluding hydrogens is 202 g/mol. The average molecular weight is 219 g/mol. The molecule has 0 saturated heterocycles. The van der Waals surface area contributed by atoms with Crippen LogP contribution in [0.3, 0.4) is 0 Å². The third kappa shape index (κ3) is 4.75. The Labute approximate surface area is 95.9 Å². The number of rotatable bonds is 7. The van der Waals surface area contributed by atoms with Crippen molar-refractivity contribution in [3.05, 3.63) is 48.6 Å². The molecule has 2 N–H and O–H groups in total. The molecule has 0 saturated carbocycles. The van der Waals surface area contributed by atoms with Crippen molar-refractivity contribution in [1.82, 2.24) is 0 Å². The lowest BCUT2D eigenvalue weighted by Gasteiger charge is -2.10. The third-order valence-corrected chi connectivity index (χ3v) is 2.24. The van der Waals surface area contributed by atoms with Crippen LogP contribution in [-0.4, -0.2) is 12.5 Å². The molecule has 3 heteroatoms. The van der Waals surface area contributed by atoms with Crippen molar-refractivity contribution in [2.45, 2.75) is 13.0 Å². The Balaban J connectivity index is 2.28. The molecule has 0 heterocycles. The van der Waals surface area contributed by atoms with E-state index in [4.69, 9.17) is 10.5 Å². The topological polar surface area (TPSA) is 52.3 Å². The van der Waals surface area contributed by atoms with E-state index in [1.807, 2.05) is 30.3 Å². The second-order valence-electron chi connectivity index (χ2n) is 3.67. The minimum Gasteiger partial charge on any atom is -0.376 e. The maximum absolute atomic E-state index is 10.7. The maximum Gasteiger partial charge on any atom is 0.218 e. The summed E-state index contributed by atoms with van der Waals surface area (Å²) >= 11 is 0. The highest BCUT2D eigenvalue weighted by atomic mass is 16.5. The first-order chi connectivity index (χ1) is 7.72. The number of primary amides is 1. The lowest BCUT2D eigenvalue weighted by Crippen LogP contribution is -2.18. The van der Waals surface area contributed by atoms with Gasteiger partial charge in [-0.25, -0.2) is 0 Å². The van der Waals surface area contributed by atoms with Crippen molar-refractivity contribution in [3.63, 3.8) is 0 Å². The van der Waals surface area contributed by atoms with Crippen molar-refractivity contribution < 1.29 is 9.53 Å². The van der Waals surface area contributed by atoms with Crippen LogP contribution in [0.15, 0.2) is 43.0 Å². The van der Waals surface area contributed by atoms with Gasteiger partial charge >= 0.3 is 0 Å². The van der Waals surface area contributed by atoms with Crippen LogP contribution >= 0.6 is 0 Å². The van der Waals surface area contributed by atoms with Gasteiger partial charge in [-0.15, -0.1) is 6.58 Å². The smallest absolute Gasteiger partial charge is 0.218 e. The summed E-state index contributed by atoms with van der Waals surface area (Å²) in [5, 5.41) is 0. The van der Waals surface area contributed by atoms with Gasteiger partial charge in [0.2, 0.25) is 5.91 Å². The quantitative estimate of drug-likeness (QED) is 0.712.